The molecule has 0 heterocycles. The summed E-state index contributed by atoms with van der Waals surface area (Å²) in [5.41, 5.74) is 5.76. The van der Waals surface area contributed by atoms with E-state index in [1.54, 1.807) is 12.1 Å². The van der Waals surface area contributed by atoms with E-state index in [9.17, 15) is 4.79 Å². The fraction of sp³-hybridized carbons (Fsp3) is 0.417. The lowest BCUT2D eigenvalue weighted by molar-refractivity contribution is -0.118. The smallest absolute Gasteiger partial charge is 0.220 e. The van der Waals surface area contributed by atoms with Gasteiger partial charge in [0.05, 0.1) is 30.7 Å². The third-order valence-electron chi connectivity index (χ3n) is 2.15. The van der Waals surface area contributed by atoms with Gasteiger partial charge in [0.2, 0.25) is 5.91 Å². The Hall–Kier alpha value is -1.27. The van der Waals surface area contributed by atoms with Crippen molar-refractivity contribution in [3.05, 3.63) is 22.2 Å². The maximum atomic E-state index is 10.7. The molecule has 3 N–H and O–H groups in total. The first-order valence-electron chi connectivity index (χ1n) is 5.55. The van der Waals surface area contributed by atoms with E-state index in [2.05, 4.69) is 15.9 Å². The van der Waals surface area contributed by atoms with Crippen LogP contribution in [0.1, 0.15) is 18.9 Å². The SMILES string of the molecule is CCOc1cc(CO)cc(Br)c1OCCC(N)=O. The molecule has 0 atom stereocenters. The number of halogens is 1. The zero-order chi connectivity index (χ0) is 13.5. The minimum Gasteiger partial charge on any atom is -0.490 e. The molecule has 0 spiro atoms. The molecule has 6 heteroatoms. The van der Waals surface area contributed by atoms with E-state index < -0.39 is 5.91 Å². The number of primary amides is 1. The van der Waals surface area contributed by atoms with Crippen molar-refractivity contribution in [3.8, 4) is 11.5 Å². The van der Waals surface area contributed by atoms with Gasteiger partial charge in [0.25, 0.3) is 0 Å². The van der Waals surface area contributed by atoms with Crippen molar-refractivity contribution in [3.63, 3.8) is 0 Å². The summed E-state index contributed by atoms with van der Waals surface area (Å²) in [6.07, 6.45) is 0.139. The molecule has 0 fully saturated rings. The Kier molecular flexibility index (Phi) is 5.94. The summed E-state index contributed by atoms with van der Waals surface area (Å²) in [4.78, 5) is 10.7. The molecule has 0 saturated heterocycles. The molecule has 1 rings (SSSR count). The molecule has 1 amide bonds. The number of hydrogen-bond acceptors (Lipinski definition) is 4. The largest absolute Gasteiger partial charge is 0.490 e. The Morgan fingerprint density at radius 2 is 2.17 bits per heavy atom. The predicted molar refractivity (Wildman–Crippen MR) is 70.5 cm³/mol. The molecule has 0 unspecified atom stereocenters. The molecule has 18 heavy (non-hydrogen) atoms. The monoisotopic (exact) mass is 317 g/mol. The number of aliphatic hydroxyl groups is 1. The summed E-state index contributed by atoms with van der Waals surface area (Å²) >= 11 is 3.34. The Morgan fingerprint density at radius 1 is 1.44 bits per heavy atom. The second-order valence-corrected chi connectivity index (χ2v) is 4.42. The highest BCUT2D eigenvalue weighted by Crippen LogP contribution is 2.37. The summed E-state index contributed by atoms with van der Waals surface area (Å²) in [6.45, 7) is 2.44. The lowest BCUT2D eigenvalue weighted by atomic mass is 10.2. The molecular formula is C12H16BrNO4. The van der Waals surface area contributed by atoms with Crippen molar-refractivity contribution in [2.24, 2.45) is 5.73 Å². The topological polar surface area (TPSA) is 81.8 Å². The van der Waals surface area contributed by atoms with Gasteiger partial charge >= 0.3 is 0 Å². The highest BCUT2D eigenvalue weighted by molar-refractivity contribution is 9.10. The van der Waals surface area contributed by atoms with Crippen LogP contribution >= 0.6 is 15.9 Å². The summed E-state index contributed by atoms with van der Waals surface area (Å²) in [7, 11) is 0. The van der Waals surface area contributed by atoms with Crippen LogP contribution in [0, 0.1) is 0 Å². The molecular weight excluding hydrogens is 302 g/mol. The van der Waals surface area contributed by atoms with E-state index >= 15 is 0 Å². The summed E-state index contributed by atoms with van der Waals surface area (Å²) in [5, 5.41) is 9.12. The van der Waals surface area contributed by atoms with Crippen LogP contribution in [0.4, 0.5) is 0 Å². The normalized spacial score (nSPS) is 10.2. The molecule has 0 aliphatic carbocycles. The van der Waals surface area contributed by atoms with E-state index in [1.807, 2.05) is 6.92 Å². The van der Waals surface area contributed by atoms with Gasteiger partial charge in [-0.2, -0.15) is 0 Å². The number of rotatable bonds is 7. The van der Waals surface area contributed by atoms with Crippen molar-refractivity contribution < 1.29 is 19.4 Å². The van der Waals surface area contributed by atoms with Crippen LogP contribution in [0.25, 0.3) is 0 Å². The predicted octanol–water partition coefficient (Wildman–Crippen LogP) is 1.59. The summed E-state index contributed by atoms with van der Waals surface area (Å²) in [6, 6.07) is 3.44. The fourth-order valence-electron chi connectivity index (χ4n) is 1.37. The number of ether oxygens (including phenoxy) is 2. The maximum Gasteiger partial charge on any atom is 0.220 e. The number of nitrogens with two attached hydrogens (primary N) is 1. The zero-order valence-electron chi connectivity index (χ0n) is 10.1. The van der Waals surface area contributed by atoms with Gasteiger partial charge < -0.3 is 20.3 Å². The molecule has 0 aliphatic rings. The van der Waals surface area contributed by atoms with Crippen molar-refractivity contribution in [1.82, 2.24) is 0 Å². The van der Waals surface area contributed by atoms with Crippen LogP contribution in [0.3, 0.4) is 0 Å². The van der Waals surface area contributed by atoms with Crippen LogP contribution in [0.5, 0.6) is 11.5 Å². The van der Waals surface area contributed by atoms with Crippen LogP contribution < -0.4 is 15.2 Å². The van der Waals surface area contributed by atoms with Gasteiger partial charge in [-0.1, -0.05) is 0 Å². The van der Waals surface area contributed by atoms with Crippen molar-refractivity contribution >= 4 is 21.8 Å². The van der Waals surface area contributed by atoms with Gasteiger partial charge in [-0.05, 0) is 40.5 Å². The first-order chi connectivity index (χ1) is 8.58. The first-order valence-corrected chi connectivity index (χ1v) is 6.35. The molecule has 100 valence electrons. The maximum absolute atomic E-state index is 10.7. The van der Waals surface area contributed by atoms with Crippen LogP contribution in [-0.4, -0.2) is 24.2 Å². The average molecular weight is 318 g/mol. The number of carbonyl (C=O) groups is 1. The van der Waals surface area contributed by atoms with Crippen molar-refractivity contribution in [2.45, 2.75) is 20.0 Å². The van der Waals surface area contributed by atoms with Crippen molar-refractivity contribution in [1.29, 1.82) is 0 Å². The minimum absolute atomic E-state index is 0.0831. The Bertz CT molecular complexity index is 423. The second kappa shape index (κ2) is 7.23. The Labute approximate surface area is 114 Å². The van der Waals surface area contributed by atoms with Crippen LogP contribution in [-0.2, 0) is 11.4 Å². The van der Waals surface area contributed by atoms with Gasteiger partial charge in [0.1, 0.15) is 0 Å². The number of benzene rings is 1. The van der Waals surface area contributed by atoms with Gasteiger partial charge in [0, 0.05) is 0 Å². The zero-order valence-corrected chi connectivity index (χ0v) is 11.7. The number of hydrogen-bond donors (Lipinski definition) is 2. The van der Waals surface area contributed by atoms with Gasteiger partial charge in [-0.15, -0.1) is 0 Å². The molecule has 0 aliphatic heterocycles. The molecule has 0 radical (unpaired) electrons. The van der Waals surface area contributed by atoms with Gasteiger partial charge in [0.15, 0.2) is 11.5 Å². The van der Waals surface area contributed by atoms with Crippen LogP contribution in [0.2, 0.25) is 0 Å². The van der Waals surface area contributed by atoms with E-state index in [1.165, 1.54) is 0 Å². The van der Waals surface area contributed by atoms with Gasteiger partial charge in [-0.25, -0.2) is 0 Å². The average Bonchev–Trinajstić information content (AvgIpc) is 2.32. The fourth-order valence-corrected chi connectivity index (χ4v) is 1.97. The number of carbonyl (C=O) groups excluding carboxylic acids is 1. The molecule has 5 nitrogen and oxygen atoms in total. The molecule has 0 saturated carbocycles. The summed E-state index contributed by atoms with van der Waals surface area (Å²) < 4.78 is 11.6. The van der Waals surface area contributed by atoms with Crippen LogP contribution in [0.15, 0.2) is 16.6 Å². The second-order valence-electron chi connectivity index (χ2n) is 3.56. The van der Waals surface area contributed by atoms with E-state index in [-0.39, 0.29) is 19.6 Å². The third kappa shape index (κ3) is 4.19. The lowest BCUT2D eigenvalue weighted by Gasteiger charge is -2.14. The van der Waals surface area contributed by atoms with E-state index in [0.717, 1.165) is 0 Å². The van der Waals surface area contributed by atoms with Crippen molar-refractivity contribution in [2.75, 3.05) is 13.2 Å². The molecule has 0 bridgehead atoms. The summed E-state index contributed by atoms with van der Waals surface area (Å²) in [5.74, 6) is 0.617. The molecule has 1 aromatic rings. The minimum atomic E-state index is -0.420. The number of amides is 1. The van der Waals surface area contributed by atoms with E-state index in [4.69, 9.17) is 20.3 Å². The highest BCUT2D eigenvalue weighted by atomic mass is 79.9. The third-order valence-corrected chi connectivity index (χ3v) is 2.74. The number of aliphatic hydroxyl groups excluding tert-OH is 1. The standard InChI is InChI=1S/C12H16BrNO4/c1-2-17-10-6-8(7-15)5-9(13)12(10)18-4-3-11(14)16/h5-6,15H,2-4,7H2,1H3,(H2,14,16). The molecule has 1 aromatic carbocycles. The quantitative estimate of drug-likeness (QED) is 0.800. The van der Waals surface area contributed by atoms with E-state index in [0.29, 0.717) is 28.1 Å². The Morgan fingerprint density at radius 3 is 2.72 bits per heavy atom. The highest BCUT2D eigenvalue weighted by Gasteiger charge is 2.12. The molecule has 0 aromatic heterocycles. The first kappa shape index (κ1) is 14.8. The van der Waals surface area contributed by atoms with Gasteiger partial charge in [-0.3, -0.25) is 4.79 Å². The Balaban J connectivity index is 2.89. The lowest BCUT2D eigenvalue weighted by Crippen LogP contribution is -2.15.